The predicted octanol–water partition coefficient (Wildman–Crippen LogP) is 2.40. The van der Waals surface area contributed by atoms with E-state index in [0.717, 1.165) is 44.8 Å². The summed E-state index contributed by atoms with van der Waals surface area (Å²) in [5, 5.41) is 2.87. The van der Waals surface area contributed by atoms with Crippen LogP contribution < -0.4 is 5.32 Å². The van der Waals surface area contributed by atoms with Crippen molar-refractivity contribution in [3.63, 3.8) is 0 Å². The molecule has 1 aromatic carbocycles. The van der Waals surface area contributed by atoms with Crippen molar-refractivity contribution in [2.24, 2.45) is 0 Å². The van der Waals surface area contributed by atoms with Gasteiger partial charge < -0.3 is 10.2 Å². The molecule has 0 aliphatic carbocycles. The zero-order valence-corrected chi connectivity index (χ0v) is 16.7. The molecule has 2 aromatic rings. The number of thioether (sulfide) groups is 1. The molecule has 146 valence electrons. The van der Waals surface area contributed by atoms with Crippen molar-refractivity contribution in [3.8, 4) is 0 Å². The zero-order chi connectivity index (χ0) is 19.5. The minimum absolute atomic E-state index is 0.000854. The molecule has 0 radical (unpaired) electrons. The van der Waals surface area contributed by atoms with Crippen molar-refractivity contribution in [1.29, 1.82) is 0 Å². The molecule has 2 aliphatic heterocycles. The number of hydrogen-bond donors (Lipinski definition) is 1. The quantitative estimate of drug-likeness (QED) is 0.860. The van der Waals surface area contributed by atoms with Crippen molar-refractivity contribution in [1.82, 2.24) is 14.8 Å². The lowest BCUT2D eigenvalue weighted by molar-refractivity contribution is -0.130. The average Bonchev–Trinajstić information content (AvgIpc) is 3.13. The van der Waals surface area contributed by atoms with E-state index >= 15 is 0 Å². The lowest BCUT2D eigenvalue weighted by atomic mass is 10.1. The third-order valence-corrected chi connectivity index (χ3v) is 6.52. The second kappa shape index (κ2) is 8.32. The van der Waals surface area contributed by atoms with Crippen LogP contribution in [0.5, 0.6) is 0 Å². The van der Waals surface area contributed by atoms with Gasteiger partial charge in [0, 0.05) is 44.5 Å². The number of nitrogens with one attached hydrogen (secondary N) is 1. The highest BCUT2D eigenvalue weighted by atomic mass is 32.2. The highest BCUT2D eigenvalue weighted by molar-refractivity contribution is 8.01. The van der Waals surface area contributed by atoms with E-state index < -0.39 is 0 Å². The van der Waals surface area contributed by atoms with E-state index in [1.54, 1.807) is 18.7 Å². The molecule has 1 N–H and O–H groups in total. The van der Waals surface area contributed by atoms with Crippen LogP contribution in [-0.2, 0) is 22.6 Å². The summed E-state index contributed by atoms with van der Waals surface area (Å²) in [6, 6.07) is 13.9. The van der Waals surface area contributed by atoms with Gasteiger partial charge in [-0.25, -0.2) is 4.98 Å². The Morgan fingerprint density at radius 2 is 1.89 bits per heavy atom. The van der Waals surface area contributed by atoms with Crippen molar-refractivity contribution >= 4 is 29.4 Å². The zero-order valence-electron chi connectivity index (χ0n) is 15.9. The molecular weight excluding hydrogens is 372 g/mol. The van der Waals surface area contributed by atoms with Gasteiger partial charge in [-0.15, -0.1) is 11.8 Å². The number of carbonyl (C=O) groups is 2. The number of amides is 2. The minimum atomic E-state index is -0.109. The lowest BCUT2D eigenvalue weighted by Crippen LogP contribution is -2.47. The largest absolute Gasteiger partial charge is 0.340 e. The summed E-state index contributed by atoms with van der Waals surface area (Å²) < 4.78 is 0. The fourth-order valence-corrected chi connectivity index (χ4v) is 4.82. The minimum Gasteiger partial charge on any atom is -0.340 e. The fraction of sp³-hybridized carbons (Fsp3) is 0.381. The lowest BCUT2D eigenvalue weighted by Gasteiger charge is -2.33. The molecule has 0 bridgehead atoms. The molecule has 7 heteroatoms. The molecule has 6 nitrogen and oxygen atoms in total. The summed E-state index contributed by atoms with van der Waals surface area (Å²) in [7, 11) is 0. The molecule has 1 atom stereocenters. The molecule has 4 rings (SSSR count). The number of pyridine rings is 1. The topological polar surface area (TPSA) is 65.5 Å². The predicted molar refractivity (Wildman–Crippen MR) is 110 cm³/mol. The molecule has 3 heterocycles. The summed E-state index contributed by atoms with van der Waals surface area (Å²) in [6.45, 7) is 5.53. The maximum Gasteiger partial charge on any atom is 0.239 e. The van der Waals surface area contributed by atoms with Gasteiger partial charge in [0.25, 0.3) is 0 Å². The van der Waals surface area contributed by atoms with Gasteiger partial charge in [-0.05, 0) is 30.2 Å². The first kappa shape index (κ1) is 19.0. The summed E-state index contributed by atoms with van der Waals surface area (Å²) in [6.07, 6.45) is 0.757. The summed E-state index contributed by atoms with van der Waals surface area (Å²) in [5.74, 6) is 0.733. The van der Waals surface area contributed by atoms with E-state index in [2.05, 4.69) is 27.3 Å². The summed E-state index contributed by atoms with van der Waals surface area (Å²) >= 11 is 1.62. The Bertz CT molecular complexity index is 855. The van der Waals surface area contributed by atoms with Crippen LogP contribution in [0.4, 0.5) is 5.82 Å². The van der Waals surface area contributed by atoms with Crippen LogP contribution in [0, 0.1) is 0 Å². The van der Waals surface area contributed by atoms with E-state index in [1.165, 1.54) is 10.5 Å². The molecule has 1 aromatic heterocycles. The number of benzene rings is 1. The molecule has 2 aliphatic rings. The van der Waals surface area contributed by atoms with Gasteiger partial charge in [-0.3, -0.25) is 14.5 Å². The van der Waals surface area contributed by atoms with Crippen LogP contribution in [0.25, 0.3) is 0 Å². The first-order valence-corrected chi connectivity index (χ1v) is 10.5. The average molecular weight is 397 g/mol. The van der Waals surface area contributed by atoms with E-state index in [1.807, 2.05) is 35.2 Å². The van der Waals surface area contributed by atoms with Crippen molar-refractivity contribution in [2.75, 3.05) is 31.5 Å². The Morgan fingerprint density at radius 1 is 1.11 bits per heavy atom. The van der Waals surface area contributed by atoms with Crippen LogP contribution in [0.1, 0.15) is 18.2 Å². The van der Waals surface area contributed by atoms with Gasteiger partial charge in [-0.1, -0.05) is 24.3 Å². The van der Waals surface area contributed by atoms with Crippen molar-refractivity contribution < 1.29 is 9.59 Å². The number of piperazine rings is 1. The molecule has 1 fully saturated rings. The first-order chi connectivity index (χ1) is 13.6. The Morgan fingerprint density at radius 3 is 2.64 bits per heavy atom. The number of nitrogens with zero attached hydrogens (tertiary/aromatic N) is 3. The van der Waals surface area contributed by atoms with Crippen LogP contribution in [0.3, 0.4) is 0 Å². The van der Waals surface area contributed by atoms with E-state index in [-0.39, 0.29) is 17.1 Å². The smallest absolute Gasteiger partial charge is 0.239 e. The van der Waals surface area contributed by atoms with E-state index in [4.69, 9.17) is 0 Å². The molecule has 0 unspecified atom stereocenters. The van der Waals surface area contributed by atoms with E-state index in [9.17, 15) is 9.59 Å². The summed E-state index contributed by atoms with van der Waals surface area (Å²) in [4.78, 5) is 34.1. The molecule has 0 spiro atoms. The molecule has 28 heavy (non-hydrogen) atoms. The molecule has 2 amide bonds. The van der Waals surface area contributed by atoms with Crippen LogP contribution in [0.2, 0.25) is 0 Å². The Balaban J connectivity index is 1.33. The molecular formula is C21H24N4O2S. The van der Waals surface area contributed by atoms with Gasteiger partial charge in [0.05, 0.1) is 10.9 Å². The van der Waals surface area contributed by atoms with Gasteiger partial charge >= 0.3 is 0 Å². The van der Waals surface area contributed by atoms with Crippen molar-refractivity contribution in [3.05, 3.63) is 53.7 Å². The van der Waals surface area contributed by atoms with Crippen molar-refractivity contribution in [2.45, 2.75) is 30.0 Å². The van der Waals surface area contributed by atoms with Crippen LogP contribution in [-0.4, -0.2) is 58.0 Å². The highest BCUT2D eigenvalue weighted by Crippen LogP contribution is 2.37. The maximum atomic E-state index is 12.7. The normalized spacial score (nSPS) is 19.3. The second-order valence-electron chi connectivity index (χ2n) is 7.20. The van der Waals surface area contributed by atoms with Gasteiger partial charge in [-0.2, -0.15) is 0 Å². The maximum absolute atomic E-state index is 12.7. The Labute approximate surface area is 169 Å². The number of hydrogen-bond acceptors (Lipinski definition) is 5. The van der Waals surface area contributed by atoms with Gasteiger partial charge in [0.1, 0.15) is 5.82 Å². The van der Waals surface area contributed by atoms with Crippen LogP contribution in [0.15, 0.2) is 47.4 Å². The molecule has 1 saturated heterocycles. The third-order valence-electron chi connectivity index (χ3n) is 5.20. The highest BCUT2D eigenvalue weighted by Gasteiger charge is 2.28. The Kier molecular flexibility index (Phi) is 5.64. The van der Waals surface area contributed by atoms with Gasteiger partial charge in [0.2, 0.25) is 11.8 Å². The number of carbonyl (C=O) groups excluding carboxylic acids is 2. The second-order valence-corrected chi connectivity index (χ2v) is 8.45. The first-order valence-electron chi connectivity index (χ1n) is 9.58. The number of rotatable bonds is 4. The van der Waals surface area contributed by atoms with Crippen LogP contribution >= 0.6 is 11.8 Å². The number of anilines is 1. The number of fused-ring (bicyclic) bond motifs is 1. The number of aromatic nitrogens is 1. The van der Waals surface area contributed by atoms with Gasteiger partial charge in [0.15, 0.2) is 0 Å². The SMILES string of the molecule is CC(=O)N1CCN(Cc2cccc(NC(=O)[C@@H]3Cc4ccccc4S3)n2)CC1. The summed E-state index contributed by atoms with van der Waals surface area (Å²) in [5.41, 5.74) is 2.16. The third kappa shape index (κ3) is 4.36. The monoisotopic (exact) mass is 396 g/mol. The fourth-order valence-electron chi connectivity index (χ4n) is 3.62. The standard InChI is InChI=1S/C21H24N4O2S/c1-15(26)25-11-9-24(10-12-25)14-17-6-4-8-20(22-17)23-21(27)19-13-16-5-2-3-7-18(16)28-19/h2-8,19H,9-14H2,1H3,(H,22,23,27)/t19-/m0/s1. The molecule has 0 saturated carbocycles. The van der Waals surface area contributed by atoms with E-state index in [0.29, 0.717) is 5.82 Å². The Hall–Kier alpha value is -2.38.